The molecule has 1 nitrogen and oxygen atoms in total. The lowest BCUT2D eigenvalue weighted by Gasteiger charge is -2.03. The van der Waals surface area contributed by atoms with Gasteiger partial charge in [0.25, 0.3) is 0 Å². The van der Waals surface area contributed by atoms with Gasteiger partial charge in [-0.25, -0.2) is 8.78 Å². The normalized spacial score (nSPS) is 10.5. The molecular weight excluding hydrogens is 266 g/mol. The van der Waals surface area contributed by atoms with E-state index in [1.54, 1.807) is 12.1 Å². The first-order chi connectivity index (χ1) is 8.08. The molecular formula is C12H7ClF2OS. The summed E-state index contributed by atoms with van der Waals surface area (Å²) in [5.74, 6) is -2.04. The molecule has 2 rings (SSSR count). The molecule has 2 aromatic rings. The minimum Gasteiger partial charge on any atom is -0.294 e. The van der Waals surface area contributed by atoms with E-state index in [0.717, 1.165) is 17.0 Å². The number of hydrogen-bond acceptors (Lipinski definition) is 2. The summed E-state index contributed by atoms with van der Waals surface area (Å²) in [6.07, 6.45) is 0.0651. The van der Waals surface area contributed by atoms with Crippen LogP contribution in [-0.4, -0.2) is 5.78 Å². The highest BCUT2D eigenvalue weighted by Gasteiger charge is 2.16. The molecule has 0 atom stereocenters. The van der Waals surface area contributed by atoms with Crippen LogP contribution in [0, 0.1) is 11.6 Å². The summed E-state index contributed by atoms with van der Waals surface area (Å²) in [4.78, 5) is 12.6. The molecule has 0 saturated heterocycles. The SMILES string of the molecule is O=C(Cc1cccs1)c1cc(F)c(Cl)cc1F. The lowest BCUT2D eigenvalue weighted by molar-refractivity contribution is 0.0989. The molecule has 0 aliphatic rings. The molecule has 0 unspecified atom stereocenters. The number of carbonyl (C=O) groups excluding carboxylic acids is 1. The molecule has 0 N–H and O–H groups in total. The van der Waals surface area contributed by atoms with Crippen molar-refractivity contribution in [2.24, 2.45) is 0 Å². The average molecular weight is 273 g/mol. The molecule has 0 fully saturated rings. The number of rotatable bonds is 3. The van der Waals surface area contributed by atoms with E-state index in [-0.39, 0.29) is 17.0 Å². The lowest BCUT2D eigenvalue weighted by atomic mass is 10.1. The van der Waals surface area contributed by atoms with Gasteiger partial charge in [0.2, 0.25) is 0 Å². The predicted molar refractivity (Wildman–Crippen MR) is 63.7 cm³/mol. The van der Waals surface area contributed by atoms with Gasteiger partial charge in [0.1, 0.15) is 11.6 Å². The number of benzene rings is 1. The summed E-state index contributed by atoms with van der Waals surface area (Å²) in [7, 11) is 0. The van der Waals surface area contributed by atoms with Gasteiger partial charge in [0.15, 0.2) is 5.78 Å². The van der Waals surface area contributed by atoms with E-state index in [2.05, 4.69) is 0 Å². The van der Waals surface area contributed by atoms with Gasteiger partial charge in [-0.1, -0.05) is 17.7 Å². The van der Waals surface area contributed by atoms with Crippen molar-refractivity contribution in [3.8, 4) is 0 Å². The van der Waals surface area contributed by atoms with E-state index in [1.807, 2.05) is 5.38 Å². The zero-order valence-electron chi connectivity index (χ0n) is 8.54. The highest BCUT2D eigenvalue weighted by Crippen LogP contribution is 2.21. The molecule has 0 bridgehead atoms. The van der Waals surface area contributed by atoms with Gasteiger partial charge in [-0.05, 0) is 23.6 Å². The van der Waals surface area contributed by atoms with Crippen molar-refractivity contribution in [2.75, 3.05) is 0 Å². The Kier molecular flexibility index (Phi) is 3.54. The van der Waals surface area contributed by atoms with Crippen LogP contribution in [0.5, 0.6) is 0 Å². The van der Waals surface area contributed by atoms with Crippen LogP contribution in [0.25, 0.3) is 0 Å². The molecule has 17 heavy (non-hydrogen) atoms. The summed E-state index contributed by atoms with van der Waals surface area (Å²) in [5, 5.41) is 1.50. The van der Waals surface area contributed by atoms with Crippen molar-refractivity contribution >= 4 is 28.7 Å². The van der Waals surface area contributed by atoms with Crippen LogP contribution in [0.1, 0.15) is 15.2 Å². The Balaban J connectivity index is 2.28. The van der Waals surface area contributed by atoms with E-state index < -0.39 is 17.4 Å². The first kappa shape index (κ1) is 12.2. The van der Waals surface area contributed by atoms with Crippen molar-refractivity contribution in [3.63, 3.8) is 0 Å². The Morgan fingerprint density at radius 1 is 1.29 bits per heavy atom. The Labute approximate surface area is 106 Å². The van der Waals surface area contributed by atoms with Crippen LogP contribution in [0.3, 0.4) is 0 Å². The maximum absolute atomic E-state index is 13.4. The van der Waals surface area contributed by atoms with Gasteiger partial charge in [-0.3, -0.25) is 4.79 Å². The van der Waals surface area contributed by atoms with Crippen LogP contribution in [-0.2, 0) is 6.42 Å². The van der Waals surface area contributed by atoms with Gasteiger partial charge in [-0.2, -0.15) is 0 Å². The summed E-state index contributed by atoms with van der Waals surface area (Å²) < 4.78 is 26.6. The number of halogens is 3. The number of thiophene rings is 1. The lowest BCUT2D eigenvalue weighted by Crippen LogP contribution is -2.06. The maximum Gasteiger partial charge on any atom is 0.171 e. The van der Waals surface area contributed by atoms with Gasteiger partial charge in [-0.15, -0.1) is 11.3 Å². The van der Waals surface area contributed by atoms with Crippen molar-refractivity contribution < 1.29 is 13.6 Å². The van der Waals surface area contributed by atoms with E-state index in [4.69, 9.17) is 11.6 Å². The van der Waals surface area contributed by atoms with Crippen LogP contribution in [0.15, 0.2) is 29.6 Å². The second-order valence-corrected chi connectivity index (χ2v) is 4.86. The molecule has 88 valence electrons. The number of Topliss-reactive ketones (excluding diaryl/α,β-unsaturated/α-hetero) is 1. The molecule has 1 aromatic heterocycles. The van der Waals surface area contributed by atoms with Crippen LogP contribution >= 0.6 is 22.9 Å². The van der Waals surface area contributed by atoms with Crippen LogP contribution in [0.2, 0.25) is 5.02 Å². The summed E-state index contributed by atoms with van der Waals surface area (Å²) in [5.41, 5.74) is -0.264. The molecule has 0 spiro atoms. The molecule has 0 saturated carbocycles. The number of hydrogen-bond donors (Lipinski definition) is 0. The molecule has 0 aliphatic heterocycles. The zero-order valence-corrected chi connectivity index (χ0v) is 10.1. The van der Waals surface area contributed by atoms with Gasteiger partial charge < -0.3 is 0 Å². The molecule has 0 aliphatic carbocycles. The molecule has 0 radical (unpaired) electrons. The molecule has 1 heterocycles. The van der Waals surface area contributed by atoms with Crippen molar-refractivity contribution in [3.05, 3.63) is 56.7 Å². The molecule has 1 aromatic carbocycles. The standard InChI is InChI=1S/C12H7ClF2OS/c13-9-6-10(14)8(5-11(9)15)12(16)4-7-2-1-3-17-7/h1-3,5-6H,4H2. The Bertz CT molecular complexity index is 552. The number of ketones is 1. The fourth-order valence-electron chi connectivity index (χ4n) is 1.40. The zero-order chi connectivity index (χ0) is 12.4. The van der Waals surface area contributed by atoms with Crippen LogP contribution in [0.4, 0.5) is 8.78 Å². The minimum atomic E-state index is -0.794. The van der Waals surface area contributed by atoms with Crippen molar-refractivity contribution in [2.45, 2.75) is 6.42 Å². The van der Waals surface area contributed by atoms with Crippen molar-refractivity contribution in [1.82, 2.24) is 0 Å². The maximum atomic E-state index is 13.4. The quantitative estimate of drug-likeness (QED) is 0.607. The first-order valence-electron chi connectivity index (χ1n) is 4.78. The average Bonchev–Trinajstić information content (AvgIpc) is 2.76. The van der Waals surface area contributed by atoms with E-state index >= 15 is 0 Å². The smallest absolute Gasteiger partial charge is 0.171 e. The van der Waals surface area contributed by atoms with Crippen LogP contribution < -0.4 is 0 Å². The summed E-state index contributed by atoms with van der Waals surface area (Å²) in [6, 6.07) is 5.23. The fraction of sp³-hybridized carbons (Fsp3) is 0.0833. The van der Waals surface area contributed by atoms with E-state index in [1.165, 1.54) is 11.3 Å². The van der Waals surface area contributed by atoms with Gasteiger partial charge in [0, 0.05) is 11.3 Å². The predicted octanol–water partition coefficient (Wildman–Crippen LogP) is 4.11. The third-order valence-electron chi connectivity index (χ3n) is 2.23. The van der Waals surface area contributed by atoms with Crippen molar-refractivity contribution in [1.29, 1.82) is 0 Å². The second kappa shape index (κ2) is 4.94. The third-order valence-corrected chi connectivity index (χ3v) is 3.39. The molecule has 5 heteroatoms. The Morgan fingerprint density at radius 3 is 2.71 bits per heavy atom. The Hall–Kier alpha value is -1.26. The van der Waals surface area contributed by atoms with Gasteiger partial charge in [0.05, 0.1) is 10.6 Å². The minimum absolute atomic E-state index is 0.0651. The highest BCUT2D eigenvalue weighted by molar-refractivity contribution is 7.10. The summed E-state index contributed by atoms with van der Waals surface area (Å²) >= 11 is 6.81. The van der Waals surface area contributed by atoms with E-state index in [9.17, 15) is 13.6 Å². The molecule has 0 amide bonds. The second-order valence-electron chi connectivity index (χ2n) is 3.43. The third kappa shape index (κ3) is 2.70. The van der Waals surface area contributed by atoms with Gasteiger partial charge >= 0.3 is 0 Å². The Morgan fingerprint density at radius 2 is 2.06 bits per heavy atom. The number of carbonyl (C=O) groups is 1. The van der Waals surface area contributed by atoms with E-state index in [0.29, 0.717) is 0 Å². The summed E-state index contributed by atoms with van der Waals surface area (Å²) in [6.45, 7) is 0. The fourth-order valence-corrected chi connectivity index (χ4v) is 2.26. The largest absolute Gasteiger partial charge is 0.294 e. The topological polar surface area (TPSA) is 17.1 Å². The first-order valence-corrected chi connectivity index (χ1v) is 6.04. The monoisotopic (exact) mass is 272 g/mol. The highest BCUT2D eigenvalue weighted by atomic mass is 35.5.